The number of benzene rings is 1. The maximum Gasteiger partial charge on any atom is 0.417 e. The molecule has 0 aliphatic carbocycles. The lowest BCUT2D eigenvalue weighted by atomic mass is 10.1. The number of alkyl halides is 3. The number of carbonyl (C=O) groups is 1. The van der Waals surface area contributed by atoms with Gasteiger partial charge in [-0.3, -0.25) is 0 Å². The summed E-state index contributed by atoms with van der Waals surface area (Å²) in [5.74, 6) is -1.04. The van der Waals surface area contributed by atoms with E-state index in [1.54, 1.807) is 6.92 Å². The lowest BCUT2D eigenvalue weighted by molar-refractivity contribution is -0.137. The summed E-state index contributed by atoms with van der Waals surface area (Å²) >= 11 is 5.49. The van der Waals surface area contributed by atoms with Crippen molar-refractivity contribution in [1.82, 2.24) is 0 Å². The molecule has 20 heavy (non-hydrogen) atoms. The molecule has 0 atom stereocenters. The molecular weight excluding hydrogens is 295 g/mol. The van der Waals surface area contributed by atoms with Crippen LogP contribution in [0.15, 0.2) is 29.8 Å². The van der Waals surface area contributed by atoms with E-state index in [0.717, 1.165) is 12.1 Å². The van der Waals surface area contributed by atoms with Gasteiger partial charge in [-0.15, -0.1) is 0 Å². The number of hydrogen-bond acceptors (Lipinski definition) is 2. The Bertz CT molecular complexity index is 527. The largest absolute Gasteiger partial charge is 0.478 e. The molecule has 0 bridgehead atoms. The maximum atomic E-state index is 12.6. The second kappa shape index (κ2) is 6.65. The zero-order valence-electron chi connectivity index (χ0n) is 10.6. The average Bonchev–Trinajstić information content (AvgIpc) is 2.34. The molecule has 0 amide bonds. The van der Waals surface area contributed by atoms with E-state index < -0.39 is 17.7 Å². The van der Waals surface area contributed by atoms with Gasteiger partial charge in [0, 0.05) is 17.8 Å². The molecule has 3 nitrogen and oxygen atoms in total. The van der Waals surface area contributed by atoms with Crippen molar-refractivity contribution >= 4 is 23.3 Å². The summed E-state index contributed by atoms with van der Waals surface area (Å²) in [6, 6.07) is 3.44. The normalized spacial score (nSPS) is 12.3. The van der Waals surface area contributed by atoms with Gasteiger partial charge >= 0.3 is 12.1 Å². The van der Waals surface area contributed by atoms with Gasteiger partial charge in [-0.2, -0.15) is 13.2 Å². The van der Waals surface area contributed by atoms with Gasteiger partial charge in [0.1, 0.15) is 0 Å². The highest BCUT2D eigenvalue weighted by atomic mass is 35.5. The minimum atomic E-state index is -4.53. The Morgan fingerprint density at radius 2 is 2.10 bits per heavy atom. The van der Waals surface area contributed by atoms with E-state index in [4.69, 9.17) is 16.7 Å². The van der Waals surface area contributed by atoms with Crippen molar-refractivity contribution in [2.24, 2.45) is 0 Å². The summed E-state index contributed by atoms with van der Waals surface area (Å²) < 4.78 is 37.9. The molecule has 0 fully saturated rings. The van der Waals surface area contributed by atoms with Crippen molar-refractivity contribution in [3.63, 3.8) is 0 Å². The van der Waals surface area contributed by atoms with Gasteiger partial charge in [-0.1, -0.05) is 24.6 Å². The molecular formula is C13H13ClF3NO2. The van der Waals surface area contributed by atoms with Crippen LogP contribution in [-0.4, -0.2) is 17.6 Å². The van der Waals surface area contributed by atoms with Gasteiger partial charge in [0.2, 0.25) is 0 Å². The molecule has 0 saturated heterocycles. The van der Waals surface area contributed by atoms with Crippen molar-refractivity contribution in [2.75, 3.05) is 11.9 Å². The van der Waals surface area contributed by atoms with Crippen molar-refractivity contribution in [1.29, 1.82) is 0 Å². The van der Waals surface area contributed by atoms with E-state index in [2.05, 4.69) is 5.32 Å². The third-order valence-electron chi connectivity index (χ3n) is 2.58. The molecule has 0 aliphatic rings. The van der Waals surface area contributed by atoms with E-state index in [1.807, 2.05) is 0 Å². The van der Waals surface area contributed by atoms with Gasteiger partial charge in [0.25, 0.3) is 0 Å². The van der Waals surface area contributed by atoms with Crippen LogP contribution in [0.2, 0.25) is 5.02 Å². The topological polar surface area (TPSA) is 49.3 Å². The molecule has 0 saturated carbocycles. The SMILES string of the molecule is CC/C(=C/CNc1ccc(Cl)c(C(F)(F)F)c1)C(=O)O. The van der Waals surface area contributed by atoms with Crippen molar-refractivity contribution in [3.05, 3.63) is 40.4 Å². The van der Waals surface area contributed by atoms with Gasteiger partial charge in [0.15, 0.2) is 0 Å². The van der Waals surface area contributed by atoms with Crippen LogP contribution >= 0.6 is 11.6 Å². The average molecular weight is 308 g/mol. The van der Waals surface area contributed by atoms with Crippen LogP contribution in [-0.2, 0) is 11.0 Å². The summed E-state index contributed by atoms with van der Waals surface area (Å²) in [6.07, 6.45) is -2.77. The van der Waals surface area contributed by atoms with E-state index in [1.165, 1.54) is 12.1 Å². The lowest BCUT2D eigenvalue weighted by Crippen LogP contribution is -2.08. The Labute approximate surface area is 119 Å². The third kappa shape index (κ3) is 4.45. The number of hydrogen-bond donors (Lipinski definition) is 2. The zero-order valence-corrected chi connectivity index (χ0v) is 11.3. The Hall–Kier alpha value is -1.69. The summed E-state index contributed by atoms with van der Waals surface area (Å²) in [7, 11) is 0. The number of halogens is 4. The summed E-state index contributed by atoms with van der Waals surface area (Å²) in [6.45, 7) is 1.80. The third-order valence-corrected chi connectivity index (χ3v) is 2.91. The molecule has 1 aromatic rings. The highest BCUT2D eigenvalue weighted by Crippen LogP contribution is 2.36. The second-order valence-electron chi connectivity index (χ2n) is 3.96. The van der Waals surface area contributed by atoms with Gasteiger partial charge in [0.05, 0.1) is 10.6 Å². The highest BCUT2D eigenvalue weighted by molar-refractivity contribution is 6.31. The van der Waals surface area contributed by atoms with Crippen LogP contribution in [0.3, 0.4) is 0 Å². The number of carboxylic acid groups (broad SMARTS) is 1. The highest BCUT2D eigenvalue weighted by Gasteiger charge is 2.33. The first-order valence-corrected chi connectivity index (χ1v) is 6.16. The fourth-order valence-electron chi connectivity index (χ4n) is 1.53. The number of anilines is 1. The molecule has 2 N–H and O–H groups in total. The first kappa shape index (κ1) is 16.4. The fourth-order valence-corrected chi connectivity index (χ4v) is 1.75. The van der Waals surface area contributed by atoms with Gasteiger partial charge in [-0.05, 0) is 24.6 Å². The Kier molecular flexibility index (Phi) is 5.44. The molecule has 0 spiro atoms. The fraction of sp³-hybridized carbons (Fsp3) is 0.308. The van der Waals surface area contributed by atoms with E-state index in [9.17, 15) is 18.0 Å². The van der Waals surface area contributed by atoms with E-state index >= 15 is 0 Å². The van der Waals surface area contributed by atoms with Crippen molar-refractivity contribution in [2.45, 2.75) is 19.5 Å². The Balaban J connectivity index is 2.82. The summed E-state index contributed by atoms with van der Waals surface area (Å²) in [5, 5.41) is 11.1. The lowest BCUT2D eigenvalue weighted by Gasteiger charge is -2.11. The van der Waals surface area contributed by atoms with Crippen LogP contribution in [0, 0.1) is 0 Å². The number of aliphatic carboxylic acids is 1. The van der Waals surface area contributed by atoms with Crippen LogP contribution in [0.5, 0.6) is 0 Å². The molecule has 1 aromatic carbocycles. The first-order valence-electron chi connectivity index (χ1n) is 5.78. The number of carboxylic acids is 1. The van der Waals surface area contributed by atoms with Crippen LogP contribution in [0.25, 0.3) is 0 Å². The quantitative estimate of drug-likeness (QED) is 0.802. The summed E-state index contributed by atoms with van der Waals surface area (Å²) in [5.41, 5.74) is -0.511. The number of nitrogens with one attached hydrogen (secondary N) is 1. The molecule has 0 radical (unpaired) electrons. The minimum Gasteiger partial charge on any atom is -0.478 e. The maximum absolute atomic E-state index is 12.6. The Morgan fingerprint density at radius 1 is 1.45 bits per heavy atom. The zero-order chi connectivity index (χ0) is 15.3. The molecule has 0 heterocycles. The molecule has 0 aromatic heterocycles. The number of rotatable bonds is 5. The smallest absolute Gasteiger partial charge is 0.417 e. The van der Waals surface area contributed by atoms with Crippen LogP contribution in [0.4, 0.5) is 18.9 Å². The predicted molar refractivity (Wildman–Crippen MR) is 71.0 cm³/mol. The van der Waals surface area contributed by atoms with Gasteiger partial charge in [-0.25, -0.2) is 4.79 Å². The standard InChI is InChI=1S/C13H13ClF3NO2/c1-2-8(12(19)20)5-6-18-9-3-4-11(14)10(7-9)13(15,16)17/h3-5,7,18H,2,6H2,1H3,(H,19,20)/b8-5-. The van der Waals surface area contributed by atoms with Crippen LogP contribution < -0.4 is 5.32 Å². The van der Waals surface area contributed by atoms with E-state index in [-0.39, 0.29) is 22.8 Å². The van der Waals surface area contributed by atoms with Crippen LogP contribution in [0.1, 0.15) is 18.9 Å². The molecule has 0 aliphatic heterocycles. The van der Waals surface area contributed by atoms with E-state index in [0.29, 0.717) is 6.42 Å². The second-order valence-corrected chi connectivity index (χ2v) is 4.37. The molecule has 0 unspecified atom stereocenters. The summed E-state index contributed by atoms with van der Waals surface area (Å²) in [4.78, 5) is 10.7. The van der Waals surface area contributed by atoms with Crippen molar-refractivity contribution < 1.29 is 23.1 Å². The first-order chi connectivity index (χ1) is 9.25. The minimum absolute atomic E-state index is 0.119. The predicted octanol–water partition coefficient (Wildman–Crippen LogP) is 4.19. The van der Waals surface area contributed by atoms with Crippen molar-refractivity contribution in [3.8, 4) is 0 Å². The molecule has 7 heteroatoms. The monoisotopic (exact) mass is 307 g/mol. The molecule has 110 valence electrons. The molecule has 1 rings (SSSR count). The Morgan fingerprint density at radius 3 is 2.60 bits per heavy atom. The van der Waals surface area contributed by atoms with Gasteiger partial charge < -0.3 is 10.4 Å².